The molecule has 24 heavy (non-hydrogen) atoms. The minimum Gasteiger partial charge on any atom is -0.504 e. The lowest BCUT2D eigenvalue weighted by Crippen LogP contribution is -2.19. The van der Waals surface area contributed by atoms with E-state index in [1.165, 1.54) is 37.4 Å². The van der Waals surface area contributed by atoms with E-state index in [-0.39, 0.29) is 29.4 Å². The third kappa shape index (κ3) is 4.10. The zero-order valence-corrected chi connectivity index (χ0v) is 13.0. The van der Waals surface area contributed by atoms with Crippen molar-refractivity contribution in [2.75, 3.05) is 7.11 Å². The monoisotopic (exact) mass is 330 g/mol. The van der Waals surface area contributed by atoms with Gasteiger partial charge in [-0.15, -0.1) is 0 Å². The highest BCUT2D eigenvalue weighted by atomic mass is 16.5. The summed E-state index contributed by atoms with van der Waals surface area (Å²) in [6.45, 7) is 0. The van der Waals surface area contributed by atoms with Gasteiger partial charge in [-0.1, -0.05) is 17.9 Å². The fourth-order valence-corrected chi connectivity index (χ4v) is 2.20. The van der Waals surface area contributed by atoms with Gasteiger partial charge in [-0.25, -0.2) is 0 Å². The summed E-state index contributed by atoms with van der Waals surface area (Å²) in [4.78, 5) is 0. The Hall–Kier alpha value is -2.88. The number of ether oxygens (including phenoxy) is 1. The quantitative estimate of drug-likeness (QED) is 0.433. The van der Waals surface area contributed by atoms with Crippen LogP contribution in [0.5, 0.6) is 23.0 Å². The minimum absolute atomic E-state index is 0.0851. The van der Waals surface area contributed by atoms with Crippen molar-refractivity contribution in [3.8, 4) is 34.8 Å². The smallest absolute Gasteiger partial charge is 0.158 e. The molecule has 0 radical (unpaired) electrons. The van der Waals surface area contributed by atoms with E-state index in [1.807, 2.05) is 0 Å². The van der Waals surface area contributed by atoms with E-state index in [0.717, 1.165) is 0 Å². The molecule has 0 aliphatic heterocycles. The zero-order chi connectivity index (χ0) is 17.7. The summed E-state index contributed by atoms with van der Waals surface area (Å²) in [5.74, 6) is 4.49. The molecule has 2 atom stereocenters. The summed E-state index contributed by atoms with van der Waals surface area (Å²) in [7, 11) is 1.42. The topological polar surface area (TPSA) is 110 Å². The average molecular weight is 330 g/mol. The van der Waals surface area contributed by atoms with Gasteiger partial charge in [0, 0.05) is 19.1 Å². The van der Waals surface area contributed by atoms with Crippen LogP contribution < -0.4 is 0 Å². The Morgan fingerprint density at radius 1 is 0.917 bits per heavy atom. The van der Waals surface area contributed by atoms with Gasteiger partial charge in [0.05, 0.1) is 6.10 Å². The summed E-state index contributed by atoms with van der Waals surface area (Å²) in [6, 6.07) is 8.36. The van der Waals surface area contributed by atoms with Crippen LogP contribution in [0.4, 0.5) is 0 Å². The first kappa shape index (κ1) is 17.5. The van der Waals surface area contributed by atoms with Crippen LogP contribution in [0.25, 0.3) is 0 Å². The van der Waals surface area contributed by atoms with Gasteiger partial charge in [-0.05, 0) is 35.9 Å². The van der Waals surface area contributed by atoms with E-state index in [9.17, 15) is 25.5 Å². The molecule has 0 saturated heterocycles. The third-order valence-electron chi connectivity index (χ3n) is 3.45. The van der Waals surface area contributed by atoms with Crippen LogP contribution in [0.15, 0.2) is 36.4 Å². The van der Waals surface area contributed by atoms with Gasteiger partial charge in [0.15, 0.2) is 23.0 Å². The first-order valence-electron chi connectivity index (χ1n) is 7.16. The van der Waals surface area contributed by atoms with Crippen molar-refractivity contribution in [3.63, 3.8) is 0 Å². The maximum absolute atomic E-state index is 10.2. The predicted octanol–water partition coefficient (Wildman–Crippen LogP) is 2.00. The number of rotatable bonds is 4. The van der Waals surface area contributed by atoms with Gasteiger partial charge >= 0.3 is 0 Å². The van der Waals surface area contributed by atoms with E-state index >= 15 is 0 Å². The fraction of sp³-hybridized carbons (Fsp3) is 0.222. The summed E-state index contributed by atoms with van der Waals surface area (Å²) < 4.78 is 5.25. The van der Waals surface area contributed by atoms with Crippen molar-refractivity contribution in [1.82, 2.24) is 0 Å². The first-order valence-corrected chi connectivity index (χ1v) is 7.16. The number of hydrogen-bond donors (Lipinski definition) is 5. The van der Waals surface area contributed by atoms with Crippen LogP contribution in [-0.4, -0.2) is 38.7 Å². The molecule has 0 aliphatic carbocycles. The van der Waals surface area contributed by atoms with E-state index < -0.39 is 12.2 Å². The highest BCUT2D eigenvalue weighted by Crippen LogP contribution is 2.31. The molecule has 0 spiro atoms. The molecule has 6 heteroatoms. The molecule has 0 unspecified atom stereocenters. The Labute approximate surface area is 139 Å². The Morgan fingerprint density at radius 2 is 1.54 bits per heavy atom. The van der Waals surface area contributed by atoms with Crippen molar-refractivity contribution in [3.05, 3.63) is 47.5 Å². The summed E-state index contributed by atoms with van der Waals surface area (Å²) in [5, 5.41) is 47.7. The van der Waals surface area contributed by atoms with Crippen molar-refractivity contribution >= 4 is 0 Å². The van der Waals surface area contributed by atoms with Crippen LogP contribution in [0.1, 0.15) is 23.7 Å². The standard InChI is InChI=1S/C18H18O6/c1-24-18(12-6-8-14(20)17(23)10-12)15(21)4-2-3-11-5-7-13(19)16(22)9-11/h5-10,15,18-23H,4H2,1H3/t15-,18-/m1/s1. The van der Waals surface area contributed by atoms with Crippen LogP contribution in [0.2, 0.25) is 0 Å². The first-order chi connectivity index (χ1) is 11.4. The van der Waals surface area contributed by atoms with E-state index in [2.05, 4.69) is 11.8 Å². The van der Waals surface area contributed by atoms with Gasteiger partial charge in [0.1, 0.15) is 6.10 Å². The molecule has 0 aliphatic rings. The molecule has 0 heterocycles. The lowest BCUT2D eigenvalue weighted by atomic mass is 10.0. The third-order valence-corrected chi connectivity index (χ3v) is 3.45. The lowest BCUT2D eigenvalue weighted by Gasteiger charge is -2.20. The van der Waals surface area contributed by atoms with Gasteiger partial charge in [-0.2, -0.15) is 0 Å². The van der Waals surface area contributed by atoms with Crippen molar-refractivity contribution in [2.45, 2.75) is 18.6 Å². The average Bonchev–Trinajstić information content (AvgIpc) is 2.55. The van der Waals surface area contributed by atoms with Crippen LogP contribution >= 0.6 is 0 Å². The van der Waals surface area contributed by atoms with Crippen molar-refractivity contribution < 1.29 is 30.3 Å². The van der Waals surface area contributed by atoms with Gasteiger partial charge < -0.3 is 30.3 Å². The number of benzene rings is 2. The maximum Gasteiger partial charge on any atom is 0.158 e. The summed E-state index contributed by atoms with van der Waals surface area (Å²) in [6.07, 6.45) is -1.60. The molecule has 2 aromatic rings. The summed E-state index contributed by atoms with van der Waals surface area (Å²) >= 11 is 0. The highest BCUT2D eigenvalue weighted by Gasteiger charge is 2.21. The van der Waals surface area contributed by atoms with E-state index in [1.54, 1.807) is 6.07 Å². The highest BCUT2D eigenvalue weighted by molar-refractivity contribution is 5.46. The van der Waals surface area contributed by atoms with E-state index in [4.69, 9.17) is 4.74 Å². The molecule has 5 N–H and O–H groups in total. The Balaban J connectivity index is 2.09. The number of methoxy groups -OCH3 is 1. The maximum atomic E-state index is 10.2. The molecule has 0 fully saturated rings. The lowest BCUT2D eigenvalue weighted by molar-refractivity contribution is -0.0106. The molecular formula is C18H18O6. The number of aromatic hydroxyl groups is 4. The van der Waals surface area contributed by atoms with Crippen LogP contribution in [0, 0.1) is 11.8 Å². The SMILES string of the molecule is CO[C@H](c1ccc(O)c(O)c1)[C@H](O)CC#Cc1ccc(O)c(O)c1. The molecule has 0 amide bonds. The Kier molecular flexibility index (Phi) is 5.53. The Bertz CT molecular complexity index is 775. The molecular weight excluding hydrogens is 312 g/mol. The van der Waals surface area contributed by atoms with Gasteiger partial charge in [0.25, 0.3) is 0 Å². The molecule has 0 bridgehead atoms. The molecule has 0 saturated carbocycles. The molecule has 2 rings (SSSR count). The normalized spacial score (nSPS) is 12.9. The number of aliphatic hydroxyl groups excluding tert-OH is 1. The van der Waals surface area contributed by atoms with Gasteiger partial charge in [0.2, 0.25) is 0 Å². The Morgan fingerprint density at radius 3 is 2.12 bits per heavy atom. The largest absolute Gasteiger partial charge is 0.504 e. The fourth-order valence-electron chi connectivity index (χ4n) is 2.20. The number of phenolic OH excluding ortho intramolecular Hbond substituents is 4. The molecule has 2 aromatic carbocycles. The molecule has 6 nitrogen and oxygen atoms in total. The zero-order valence-electron chi connectivity index (χ0n) is 13.0. The molecule has 126 valence electrons. The molecule has 0 aromatic heterocycles. The summed E-state index contributed by atoms with van der Waals surface area (Å²) in [5.41, 5.74) is 0.998. The van der Waals surface area contributed by atoms with Crippen LogP contribution in [-0.2, 0) is 4.74 Å². The predicted molar refractivity (Wildman–Crippen MR) is 86.8 cm³/mol. The van der Waals surface area contributed by atoms with Crippen molar-refractivity contribution in [1.29, 1.82) is 0 Å². The second-order valence-corrected chi connectivity index (χ2v) is 5.18. The number of aliphatic hydroxyl groups is 1. The van der Waals surface area contributed by atoms with Gasteiger partial charge in [-0.3, -0.25) is 0 Å². The second-order valence-electron chi connectivity index (χ2n) is 5.18. The second kappa shape index (κ2) is 7.59. The number of phenols is 4. The number of hydrogen-bond acceptors (Lipinski definition) is 6. The van der Waals surface area contributed by atoms with Crippen molar-refractivity contribution in [2.24, 2.45) is 0 Å². The minimum atomic E-state index is -0.961. The van der Waals surface area contributed by atoms with Crippen LogP contribution in [0.3, 0.4) is 0 Å². The van der Waals surface area contributed by atoms with E-state index in [0.29, 0.717) is 11.1 Å².